The Balaban J connectivity index is 1.15. The van der Waals surface area contributed by atoms with Crippen molar-refractivity contribution in [3.05, 3.63) is 197 Å². The lowest BCUT2D eigenvalue weighted by molar-refractivity contribution is 0.590. The van der Waals surface area contributed by atoms with Crippen LogP contribution in [-0.4, -0.2) is 6.71 Å². The van der Waals surface area contributed by atoms with Gasteiger partial charge in [0, 0.05) is 44.9 Å². The van der Waals surface area contributed by atoms with Crippen molar-refractivity contribution in [2.75, 3.05) is 9.80 Å². The number of anilines is 6. The maximum absolute atomic E-state index is 6.05. The van der Waals surface area contributed by atoms with Gasteiger partial charge in [-0.05, 0) is 179 Å². The third-order valence-electron chi connectivity index (χ3n) is 15.8. The summed E-state index contributed by atoms with van der Waals surface area (Å²) in [6, 6.07) is 60.8. The molecule has 0 bridgehead atoms. The summed E-state index contributed by atoms with van der Waals surface area (Å²) >= 11 is 0. The molecular formula is C66H63BN2O. The van der Waals surface area contributed by atoms with Crippen molar-refractivity contribution < 1.29 is 4.42 Å². The molecule has 0 atom stereocenters. The number of hydrogen-bond donors (Lipinski definition) is 0. The fourth-order valence-corrected chi connectivity index (χ4v) is 11.9. The predicted molar refractivity (Wildman–Crippen MR) is 300 cm³/mol. The maximum atomic E-state index is 6.05. The number of furan rings is 1. The number of benzene rings is 8. The molecule has 0 fully saturated rings. The first-order chi connectivity index (χ1) is 33.3. The summed E-state index contributed by atoms with van der Waals surface area (Å²) in [5.74, 6) is 0. The van der Waals surface area contributed by atoms with Crippen LogP contribution in [0, 0.1) is 6.92 Å². The summed E-state index contributed by atoms with van der Waals surface area (Å²) in [7, 11) is 0. The van der Waals surface area contributed by atoms with Crippen molar-refractivity contribution in [3.8, 4) is 33.4 Å². The van der Waals surface area contributed by atoms with Gasteiger partial charge in [-0.3, -0.25) is 0 Å². The lowest BCUT2D eigenvalue weighted by Gasteiger charge is -2.45. The summed E-state index contributed by atoms with van der Waals surface area (Å²) in [6.07, 6.45) is 1.82. The van der Waals surface area contributed by atoms with E-state index in [1.165, 1.54) is 100 Å². The van der Waals surface area contributed by atoms with Crippen LogP contribution in [0.25, 0.3) is 44.3 Å². The zero-order valence-electron chi connectivity index (χ0n) is 43.0. The second kappa shape index (κ2) is 15.2. The molecule has 12 rings (SSSR count). The van der Waals surface area contributed by atoms with Gasteiger partial charge in [0.1, 0.15) is 5.58 Å². The van der Waals surface area contributed by atoms with E-state index in [-0.39, 0.29) is 28.4 Å². The van der Waals surface area contributed by atoms with Crippen molar-refractivity contribution in [3.63, 3.8) is 0 Å². The Labute approximate surface area is 415 Å². The molecule has 8 aromatic carbocycles. The minimum absolute atomic E-state index is 0.00412. The standard InChI is InChI=1S/C66H63BN2O/c1-40-32-59-62-60(33-40)69(48-35-42(34-43(36-48)49-17-15-19-61-52(49)30-31-70-61)41-20-27-51-50-16-13-14-18-53(50)66(11,12)54(51)37-41)58-29-24-46(65(8,9)10)39-56(58)67(62)55-38-45(64(5,6)7)23-28-57(55)68(59)47-25-21-44(22-26-47)63(2,3)4/h13-39H,1-12H3. The fraction of sp³-hybridized carbons (Fsp3) is 0.242. The fourth-order valence-electron chi connectivity index (χ4n) is 11.9. The Morgan fingerprint density at radius 3 is 1.66 bits per heavy atom. The summed E-state index contributed by atoms with van der Waals surface area (Å²) in [4.78, 5) is 5.15. The summed E-state index contributed by atoms with van der Waals surface area (Å²) in [6.45, 7) is 28.0. The molecule has 1 aliphatic carbocycles. The third kappa shape index (κ3) is 6.84. The number of hydrogen-bond acceptors (Lipinski definition) is 3. The van der Waals surface area contributed by atoms with Crippen molar-refractivity contribution in [1.29, 1.82) is 0 Å². The highest BCUT2D eigenvalue weighted by Crippen LogP contribution is 2.51. The van der Waals surface area contributed by atoms with E-state index in [1.54, 1.807) is 0 Å². The largest absolute Gasteiger partial charge is 0.464 e. The van der Waals surface area contributed by atoms with E-state index in [1.807, 2.05) is 6.26 Å². The molecule has 0 saturated heterocycles. The van der Waals surface area contributed by atoms with Crippen LogP contribution in [-0.2, 0) is 21.7 Å². The highest BCUT2D eigenvalue weighted by atomic mass is 16.3. The van der Waals surface area contributed by atoms with Gasteiger partial charge in [-0.2, -0.15) is 0 Å². The van der Waals surface area contributed by atoms with Crippen LogP contribution in [0.4, 0.5) is 34.1 Å². The van der Waals surface area contributed by atoms with Crippen LogP contribution in [0.1, 0.15) is 110 Å². The van der Waals surface area contributed by atoms with Gasteiger partial charge in [0.2, 0.25) is 0 Å². The Bertz CT molecular complexity index is 3610. The van der Waals surface area contributed by atoms with Crippen LogP contribution in [0.3, 0.4) is 0 Å². The molecule has 70 heavy (non-hydrogen) atoms. The van der Waals surface area contributed by atoms with Gasteiger partial charge in [0.25, 0.3) is 6.71 Å². The second-order valence-electron chi connectivity index (χ2n) is 24.0. The third-order valence-corrected chi connectivity index (χ3v) is 15.8. The molecule has 3 nitrogen and oxygen atoms in total. The minimum atomic E-state index is -0.126. The molecule has 1 aromatic heterocycles. The highest BCUT2D eigenvalue weighted by Gasteiger charge is 2.45. The number of nitrogens with zero attached hydrogens (tertiary/aromatic N) is 2. The molecule has 0 N–H and O–H groups in total. The van der Waals surface area contributed by atoms with Crippen LogP contribution in [0.15, 0.2) is 168 Å². The molecule has 2 aliphatic heterocycles. The first-order valence-corrected chi connectivity index (χ1v) is 25.3. The van der Waals surface area contributed by atoms with Crippen LogP contribution in [0.5, 0.6) is 0 Å². The quantitative estimate of drug-likeness (QED) is 0.164. The van der Waals surface area contributed by atoms with Crippen LogP contribution in [0.2, 0.25) is 0 Å². The monoisotopic (exact) mass is 911 g/mol. The van der Waals surface area contributed by atoms with Crippen molar-refractivity contribution in [2.45, 2.75) is 105 Å². The molecule has 0 amide bonds. The second-order valence-corrected chi connectivity index (χ2v) is 24.0. The number of aryl methyl sites for hydroxylation is 1. The van der Waals surface area contributed by atoms with E-state index in [2.05, 4.69) is 251 Å². The first kappa shape index (κ1) is 44.2. The molecule has 4 heteroatoms. The van der Waals surface area contributed by atoms with Gasteiger partial charge in [-0.15, -0.1) is 0 Å². The Kier molecular flexibility index (Phi) is 9.62. The van der Waals surface area contributed by atoms with E-state index in [4.69, 9.17) is 4.42 Å². The molecule has 3 heterocycles. The highest BCUT2D eigenvalue weighted by molar-refractivity contribution is 7.00. The zero-order valence-corrected chi connectivity index (χ0v) is 43.0. The Morgan fingerprint density at radius 1 is 0.443 bits per heavy atom. The summed E-state index contributed by atoms with van der Waals surface area (Å²) < 4.78 is 6.05. The normalized spacial score (nSPS) is 14.6. The van der Waals surface area contributed by atoms with Gasteiger partial charge >= 0.3 is 0 Å². The molecule has 3 aliphatic rings. The van der Waals surface area contributed by atoms with Gasteiger partial charge in [0.15, 0.2) is 0 Å². The Hall–Kier alpha value is -7.04. The van der Waals surface area contributed by atoms with Gasteiger partial charge in [0.05, 0.1) is 6.26 Å². The number of fused-ring (bicyclic) bond motifs is 8. The van der Waals surface area contributed by atoms with Crippen molar-refractivity contribution in [2.24, 2.45) is 0 Å². The molecule has 0 saturated carbocycles. The molecule has 0 unspecified atom stereocenters. The average Bonchev–Trinajstić information content (AvgIpc) is 3.90. The zero-order chi connectivity index (χ0) is 48.8. The minimum Gasteiger partial charge on any atom is -0.464 e. The molecular weight excluding hydrogens is 848 g/mol. The van der Waals surface area contributed by atoms with E-state index in [9.17, 15) is 0 Å². The van der Waals surface area contributed by atoms with Gasteiger partial charge < -0.3 is 14.2 Å². The van der Waals surface area contributed by atoms with E-state index in [0.29, 0.717) is 0 Å². The Morgan fingerprint density at radius 2 is 1.01 bits per heavy atom. The van der Waals surface area contributed by atoms with Gasteiger partial charge in [-0.25, -0.2) is 0 Å². The molecule has 0 radical (unpaired) electrons. The van der Waals surface area contributed by atoms with Crippen molar-refractivity contribution >= 4 is 68.2 Å². The smallest absolute Gasteiger partial charge is 0.252 e. The lowest BCUT2D eigenvalue weighted by Crippen LogP contribution is -2.61. The maximum Gasteiger partial charge on any atom is 0.252 e. The van der Waals surface area contributed by atoms with Crippen LogP contribution < -0.4 is 26.2 Å². The van der Waals surface area contributed by atoms with E-state index in [0.717, 1.165) is 27.8 Å². The average molecular weight is 911 g/mol. The number of rotatable bonds is 4. The van der Waals surface area contributed by atoms with Crippen LogP contribution >= 0.6 is 0 Å². The van der Waals surface area contributed by atoms with Crippen molar-refractivity contribution in [1.82, 2.24) is 0 Å². The lowest BCUT2D eigenvalue weighted by atomic mass is 9.33. The first-order valence-electron chi connectivity index (χ1n) is 25.3. The summed E-state index contributed by atoms with van der Waals surface area (Å²) in [5.41, 5.74) is 27.3. The SMILES string of the molecule is Cc1cc2c3c(c1)N(c1cc(-c4ccc5c(c4)C(C)(C)c4ccccc4-5)cc(-c4cccc5occc45)c1)c1ccc(C(C)(C)C)cc1B3c1cc(C(C)(C)C)ccc1N2c1ccc(C(C)(C)C)cc1. The summed E-state index contributed by atoms with van der Waals surface area (Å²) in [5, 5.41) is 1.11. The van der Waals surface area contributed by atoms with E-state index >= 15 is 0 Å². The van der Waals surface area contributed by atoms with E-state index < -0.39 is 0 Å². The topological polar surface area (TPSA) is 19.6 Å². The molecule has 0 spiro atoms. The predicted octanol–water partition coefficient (Wildman–Crippen LogP) is 16.4. The molecule has 346 valence electrons. The molecule has 9 aromatic rings. The van der Waals surface area contributed by atoms with Gasteiger partial charge in [-0.1, -0.05) is 161 Å².